The molecule has 266 valence electrons. The zero-order chi connectivity index (χ0) is 37.2. The Hall–Kier alpha value is -6.07. The van der Waals surface area contributed by atoms with Crippen molar-refractivity contribution in [2.45, 2.75) is 58.3 Å². The maximum absolute atomic E-state index is 6.52. The number of nitrogens with one attached hydrogen (secondary N) is 1. The van der Waals surface area contributed by atoms with Crippen LogP contribution in [0.5, 0.6) is 0 Å². The highest BCUT2D eigenvalue weighted by Crippen LogP contribution is 2.50. The fourth-order valence-corrected chi connectivity index (χ4v) is 9.69. The van der Waals surface area contributed by atoms with Crippen molar-refractivity contribution in [2.24, 2.45) is 0 Å². The highest BCUT2D eigenvalue weighted by atomic mass is 16.3. The van der Waals surface area contributed by atoms with Crippen molar-refractivity contribution in [3.63, 3.8) is 0 Å². The maximum Gasteiger partial charge on any atom is 0.227 e. The number of nitrogens with zero attached hydrogens (tertiary/aromatic N) is 2. The standard InChI is InChI=1S/C50H42BN3O/c1-29-19-21-31(22-20-29)52-39-18-12-11-17-34(39)44-32-15-9-10-16-33(32)45-35-25-36-37(50(4,5)24-23-49(36,2)3)26-41(35)54-42-28-40-43(27-38(42)51-46(44)47(45)54)55-48(53-40)30-13-7-6-8-14-30/h6-22,25-28,51-52H,23-24H2,1-5H3. The molecule has 2 aromatic heterocycles. The zero-order valence-corrected chi connectivity index (χ0v) is 32.0. The summed E-state index contributed by atoms with van der Waals surface area (Å²) in [5.41, 5.74) is 18.0. The summed E-state index contributed by atoms with van der Waals surface area (Å²) in [5.74, 6) is 0.651. The summed E-state index contributed by atoms with van der Waals surface area (Å²) in [6.07, 6.45) is 2.34. The Labute approximate surface area is 322 Å². The van der Waals surface area contributed by atoms with Gasteiger partial charge < -0.3 is 14.3 Å². The number of rotatable bonds is 4. The van der Waals surface area contributed by atoms with Crippen LogP contribution in [0.3, 0.4) is 0 Å². The van der Waals surface area contributed by atoms with Crippen LogP contribution in [0.25, 0.3) is 71.9 Å². The van der Waals surface area contributed by atoms with Gasteiger partial charge in [-0.15, -0.1) is 0 Å². The fourth-order valence-electron chi connectivity index (χ4n) is 9.69. The third-order valence-corrected chi connectivity index (χ3v) is 12.7. The highest BCUT2D eigenvalue weighted by Gasteiger charge is 2.39. The minimum absolute atomic E-state index is 0.0740. The number of fused-ring (bicyclic) bond motifs is 9. The van der Waals surface area contributed by atoms with Gasteiger partial charge in [-0.3, -0.25) is 0 Å². The average molecular weight is 712 g/mol. The van der Waals surface area contributed by atoms with Crippen LogP contribution in [0.1, 0.15) is 57.2 Å². The van der Waals surface area contributed by atoms with Crippen molar-refractivity contribution >= 4 is 73.3 Å². The van der Waals surface area contributed by atoms with Crippen molar-refractivity contribution < 1.29 is 4.42 Å². The molecule has 0 unspecified atom stereocenters. The molecule has 0 bridgehead atoms. The van der Waals surface area contributed by atoms with E-state index in [1.807, 2.05) is 18.2 Å². The van der Waals surface area contributed by atoms with Gasteiger partial charge in [-0.05, 0) is 118 Å². The van der Waals surface area contributed by atoms with Crippen LogP contribution in [0.2, 0.25) is 0 Å². The van der Waals surface area contributed by atoms with Crippen LogP contribution in [0, 0.1) is 6.92 Å². The lowest BCUT2D eigenvalue weighted by atomic mass is 9.58. The lowest BCUT2D eigenvalue weighted by Gasteiger charge is -2.42. The molecule has 9 aromatic rings. The molecule has 3 heterocycles. The molecule has 11 rings (SSSR count). The third kappa shape index (κ3) is 4.81. The number of anilines is 2. The van der Waals surface area contributed by atoms with Crippen molar-refractivity contribution in [3.05, 3.63) is 144 Å². The molecule has 1 aliphatic carbocycles. The molecule has 2 aliphatic rings. The number of hydrogen-bond donors (Lipinski definition) is 1. The molecular formula is C50H42BN3O. The number of para-hydroxylation sites is 1. The number of aromatic nitrogens is 2. The van der Waals surface area contributed by atoms with E-state index in [-0.39, 0.29) is 10.8 Å². The number of oxazole rings is 1. The van der Waals surface area contributed by atoms with Crippen LogP contribution >= 0.6 is 0 Å². The quantitative estimate of drug-likeness (QED) is 0.185. The van der Waals surface area contributed by atoms with E-state index in [9.17, 15) is 0 Å². The van der Waals surface area contributed by atoms with Crippen LogP contribution in [0.15, 0.2) is 132 Å². The lowest BCUT2D eigenvalue weighted by molar-refractivity contribution is 0.332. The molecule has 4 nitrogen and oxygen atoms in total. The second-order valence-corrected chi connectivity index (χ2v) is 17.2. The van der Waals surface area contributed by atoms with E-state index < -0.39 is 0 Å². The molecule has 1 N–H and O–H groups in total. The Balaban J connectivity index is 1.27. The van der Waals surface area contributed by atoms with E-state index in [1.165, 1.54) is 89.9 Å². The molecule has 0 amide bonds. The highest BCUT2D eigenvalue weighted by molar-refractivity contribution is 6.74. The van der Waals surface area contributed by atoms with Crippen LogP contribution in [-0.2, 0) is 10.8 Å². The Bertz CT molecular complexity index is 3040. The van der Waals surface area contributed by atoms with E-state index >= 15 is 0 Å². The first-order chi connectivity index (χ1) is 26.6. The predicted molar refractivity (Wildman–Crippen MR) is 233 cm³/mol. The van der Waals surface area contributed by atoms with Gasteiger partial charge in [-0.1, -0.05) is 112 Å². The largest absolute Gasteiger partial charge is 0.436 e. The van der Waals surface area contributed by atoms with Crippen LogP contribution < -0.4 is 16.2 Å². The predicted octanol–water partition coefficient (Wildman–Crippen LogP) is 11.5. The van der Waals surface area contributed by atoms with Gasteiger partial charge in [-0.2, -0.15) is 0 Å². The Morgan fingerprint density at radius 3 is 2.18 bits per heavy atom. The van der Waals surface area contributed by atoms with Crippen molar-refractivity contribution in [2.75, 3.05) is 5.32 Å². The molecule has 5 heteroatoms. The van der Waals surface area contributed by atoms with Gasteiger partial charge in [0.15, 0.2) is 12.9 Å². The van der Waals surface area contributed by atoms with Gasteiger partial charge in [0.2, 0.25) is 5.89 Å². The second kappa shape index (κ2) is 11.5. The first-order valence-electron chi connectivity index (χ1n) is 19.6. The molecule has 55 heavy (non-hydrogen) atoms. The molecule has 7 aromatic carbocycles. The molecule has 0 spiro atoms. The Kier molecular flexibility index (Phi) is 6.75. The summed E-state index contributed by atoms with van der Waals surface area (Å²) in [6, 6.07) is 46.5. The summed E-state index contributed by atoms with van der Waals surface area (Å²) in [5, 5.41) is 9.03. The van der Waals surface area contributed by atoms with Crippen LogP contribution in [0.4, 0.5) is 11.4 Å². The van der Waals surface area contributed by atoms with Gasteiger partial charge in [0.1, 0.15) is 5.52 Å². The molecular weight excluding hydrogens is 669 g/mol. The topological polar surface area (TPSA) is 43.0 Å². The SMILES string of the molecule is Cc1ccc(Nc2ccccc2-c2c3c4c(c5ccccc25)c2cc5c(cc2n4-c2cc4nc(-c6ccccc6)oc4cc2B3)C(C)(C)CCC5(C)C)cc1. The number of benzene rings is 7. The first kappa shape index (κ1) is 32.4. The smallest absolute Gasteiger partial charge is 0.227 e. The second-order valence-electron chi connectivity index (χ2n) is 17.2. The van der Waals surface area contributed by atoms with Gasteiger partial charge in [0.05, 0.1) is 5.52 Å². The lowest BCUT2D eigenvalue weighted by Crippen LogP contribution is -2.37. The Morgan fingerprint density at radius 2 is 1.40 bits per heavy atom. The third-order valence-electron chi connectivity index (χ3n) is 12.7. The molecule has 0 saturated heterocycles. The van der Waals surface area contributed by atoms with Crippen molar-refractivity contribution in [1.29, 1.82) is 0 Å². The first-order valence-corrected chi connectivity index (χ1v) is 19.6. The van der Waals surface area contributed by atoms with E-state index in [2.05, 4.69) is 154 Å². The normalized spacial score (nSPS) is 15.3. The van der Waals surface area contributed by atoms with E-state index in [1.54, 1.807) is 0 Å². The summed E-state index contributed by atoms with van der Waals surface area (Å²) in [4.78, 5) is 5.07. The Morgan fingerprint density at radius 1 is 0.709 bits per heavy atom. The van der Waals surface area contributed by atoms with Gasteiger partial charge in [0.25, 0.3) is 0 Å². The van der Waals surface area contributed by atoms with Crippen LogP contribution in [-0.4, -0.2) is 16.8 Å². The fraction of sp³-hybridized carbons (Fsp3) is 0.180. The molecule has 0 atom stereocenters. The van der Waals surface area contributed by atoms with Crippen molar-refractivity contribution in [1.82, 2.24) is 9.55 Å². The van der Waals surface area contributed by atoms with E-state index in [0.717, 1.165) is 35.3 Å². The van der Waals surface area contributed by atoms with Gasteiger partial charge >= 0.3 is 0 Å². The minimum atomic E-state index is 0.0740. The summed E-state index contributed by atoms with van der Waals surface area (Å²) in [6.45, 7) is 11.9. The molecule has 0 fully saturated rings. The van der Waals surface area contributed by atoms with E-state index in [0.29, 0.717) is 5.89 Å². The van der Waals surface area contributed by atoms with E-state index in [4.69, 9.17) is 9.40 Å². The summed E-state index contributed by atoms with van der Waals surface area (Å²) >= 11 is 0. The minimum Gasteiger partial charge on any atom is -0.436 e. The maximum atomic E-state index is 6.52. The van der Waals surface area contributed by atoms with Gasteiger partial charge in [-0.25, -0.2) is 4.98 Å². The average Bonchev–Trinajstić information content (AvgIpc) is 3.77. The molecule has 1 aliphatic heterocycles. The molecule has 0 saturated carbocycles. The molecule has 0 radical (unpaired) electrons. The number of hydrogen-bond acceptors (Lipinski definition) is 3. The van der Waals surface area contributed by atoms with Crippen molar-refractivity contribution in [3.8, 4) is 28.3 Å². The number of aryl methyl sites for hydroxylation is 1. The zero-order valence-electron chi connectivity index (χ0n) is 32.0. The monoisotopic (exact) mass is 711 g/mol. The summed E-state index contributed by atoms with van der Waals surface area (Å²) in [7, 11) is 0.773. The summed E-state index contributed by atoms with van der Waals surface area (Å²) < 4.78 is 9.11. The van der Waals surface area contributed by atoms with Gasteiger partial charge in [0, 0.05) is 44.5 Å².